The number of fused-ring (bicyclic) bond motifs is 1. The molecule has 0 aliphatic heterocycles. The highest BCUT2D eigenvalue weighted by atomic mass is 16.4. The maximum atomic E-state index is 8.81. The summed E-state index contributed by atoms with van der Waals surface area (Å²) in [4.78, 5) is 2.17. The van der Waals surface area contributed by atoms with Crippen LogP contribution in [0.25, 0.3) is 10.9 Å². The highest BCUT2D eigenvalue weighted by Crippen LogP contribution is 2.20. The van der Waals surface area contributed by atoms with Gasteiger partial charge in [-0.15, -0.1) is 0 Å². The molecule has 0 spiro atoms. The summed E-state index contributed by atoms with van der Waals surface area (Å²) in [6, 6.07) is 7.86. The number of nitrogens with zero attached hydrogens (tertiary/aromatic N) is 3. The average Bonchev–Trinajstić information content (AvgIpc) is 2.81. The number of nitrogens with two attached hydrogens (primary N) is 1. The summed E-state index contributed by atoms with van der Waals surface area (Å²) < 4.78 is 2.20. The van der Waals surface area contributed by atoms with Crippen LogP contribution in [0.15, 0.2) is 35.6 Å². The third kappa shape index (κ3) is 2.88. The summed E-state index contributed by atoms with van der Waals surface area (Å²) in [5.41, 5.74) is 7.58. The molecule has 3 N–H and O–H groups in total. The van der Waals surface area contributed by atoms with Gasteiger partial charge < -0.3 is 20.4 Å². The first-order valence-electron chi connectivity index (χ1n) is 6.34. The first kappa shape index (κ1) is 13.4. The molecule has 19 heavy (non-hydrogen) atoms. The molecule has 0 saturated heterocycles. The minimum absolute atomic E-state index is 0.150. The normalized spacial score (nSPS) is 12.5. The van der Waals surface area contributed by atoms with Crippen LogP contribution in [0.5, 0.6) is 0 Å². The fourth-order valence-electron chi connectivity index (χ4n) is 2.25. The molecule has 1 aromatic heterocycles. The Balaban J connectivity index is 2.28. The van der Waals surface area contributed by atoms with Crippen molar-refractivity contribution in [2.75, 3.05) is 20.6 Å². The molecule has 102 valence electrons. The third-order valence-corrected chi connectivity index (χ3v) is 3.20. The lowest BCUT2D eigenvalue weighted by Gasteiger charge is -2.10. The van der Waals surface area contributed by atoms with Gasteiger partial charge in [0.2, 0.25) is 0 Å². The number of benzene rings is 1. The number of rotatable bonds is 5. The fourth-order valence-corrected chi connectivity index (χ4v) is 2.25. The first-order valence-corrected chi connectivity index (χ1v) is 6.34. The standard InChI is InChI=1S/C14H20N4O/c1-17(2)8-4-9-18-10-7-11-12(14(15)16-19)5-3-6-13(11)18/h3,5-7,10,19H,4,8-9H2,1-2H3,(H2,15,16). The maximum absolute atomic E-state index is 8.81. The number of aryl methyl sites for hydroxylation is 1. The molecule has 5 heteroatoms. The molecular weight excluding hydrogens is 240 g/mol. The Morgan fingerprint density at radius 3 is 2.84 bits per heavy atom. The Morgan fingerprint density at radius 2 is 2.16 bits per heavy atom. The Kier molecular flexibility index (Phi) is 4.06. The van der Waals surface area contributed by atoms with E-state index < -0.39 is 0 Å². The molecule has 0 atom stereocenters. The molecule has 2 rings (SSSR count). The van der Waals surface area contributed by atoms with E-state index >= 15 is 0 Å². The van der Waals surface area contributed by atoms with Gasteiger partial charge in [0.1, 0.15) is 0 Å². The van der Waals surface area contributed by atoms with Gasteiger partial charge in [-0.05, 0) is 39.2 Å². The third-order valence-electron chi connectivity index (χ3n) is 3.20. The average molecular weight is 260 g/mol. The summed E-state index contributed by atoms with van der Waals surface area (Å²) in [6.07, 6.45) is 3.14. The van der Waals surface area contributed by atoms with Gasteiger partial charge in [0, 0.05) is 29.2 Å². The second-order valence-electron chi connectivity index (χ2n) is 4.89. The first-order chi connectivity index (χ1) is 9.13. The van der Waals surface area contributed by atoms with Gasteiger partial charge in [-0.1, -0.05) is 17.3 Å². The quantitative estimate of drug-likeness (QED) is 0.372. The van der Waals surface area contributed by atoms with E-state index in [0.29, 0.717) is 0 Å². The van der Waals surface area contributed by atoms with Crippen LogP contribution < -0.4 is 5.73 Å². The number of aromatic nitrogens is 1. The lowest BCUT2D eigenvalue weighted by Crippen LogP contribution is -2.15. The maximum Gasteiger partial charge on any atom is 0.170 e. The largest absolute Gasteiger partial charge is 0.409 e. The zero-order chi connectivity index (χ0) is 13.8. The van der Waals surface area contributed by atoms with Gasteiger partial charge in [0.25, 0.3) is 0 Å². The lowest BCUT2D eigenvalue weighted by molar-refractivity contribution is 0.318. The van der Waals surface area contributed by atoms with Crippen LogP contribution in [0.4, 0.5) is 0 Å². The van der Waals surface area contributed by atoms with E-state index in [1.807, 2.05) is 18.2 Å². The van der Waals surface area contributed by atoms with Crippen molar-refractivity contribution in [2.24, 2.45) is 10.9 Å². The van der Waals surface area contributed by atoms with Gasteiger partial charge in [0.05, 0.1) is 0 Å². The van der Waals surface area contributed by atoms with Crippen LogP contribution in [-0.4, -0.2) is 41.1 Å². The SMILES string of the molecule is CN(C)CCCn1ccc2c(/C(N)=N/O)cccc21. The Morgan fingerprint density at radius 1 is 1.37 bits per heavy atom. The fraction of sp³-hybridized carbons (Fsp3) is 0.357. The van der Waals surface area contributed by atoms with Crippen molar-refractivity contribution in [1.82, 2.24) is 9.47 Å². The smallest absolute Gasteiger partial charge is 0.170 e. The van der Waals surface area contributed by atoms with Crippen molar-refractivity contribution in [3.05, 3.63) is 36.0 Å². The zero-order valence-electron chi connectivity index (χ0n) is 11.4. The Hall–Kier alpha value is -2.01. The van der Waals surface area contributed by atoms with E-state index in [-0.39, 0.29) is 5.84 Å². The van der Waals surface area contributed by atoms with Crippen LogP contribution in [0, 0.1) is 0 Å². The summed E-state index contributed by atoms with van der Waals surface area (Å²) in [5.74, 6) is 0.150. The highest BCUT2D eigenvalue weighted by molar-refractivity contribution is 6.08. The van der Waals surface area contributed by atoms with Gasteiger partial charge in [0.15, 0.2) is 5.84 Å². The van der Waals surface area contributed by atoms with Crippen molar-refractivity contribution in [3.63, 3.8) is 0 Å². The van der Waals surface area contributed by atoms with Gasteiger partial charge in [-0.2, -0.15) is 0 Å². The summed E-state index contributed by atoms with van der Waals surface area (Å²) in [6.45, 7) is 2.01. The molecule has 2 aromatic rings. The van der Waals surface area contributed by atoms with E-state index in [4.69, 9.17) is 10.9 Å². The summed E-state index contributed by atoms with van der Waals surface area (Å²) in [7, 11) is 4.15. The van der Waals surface area contributed by atoms with Crippen LogP contribution in [0.2, 0.25) is 0 Å². The highest BCUT2D eigenvalue weighted by Gasteiger charge is 2.08. The van der Waals surface area contributed by atoms with Gasteiger partial charge >= 0.3 is 0 Å². The second-order valence-corrected chi connectivity index (χ2v) is 4.89. The number of oxime groups is 1. The van der Waals surface area contributed by atoms with Crippen LogP contribution >= 0.6 is 0 Å². The molecule has 5 nitrogen and oxygen atoms in total. The van der Waals surface area contributed by atoms with Crippen LogP contribution in [-0.2, 0) is 6.54 Å². The van der Waals surface area contributed by atoms with E-state index in [9.17, 15) is 0 Å². The molecule has 0 amide bonds. The molecular formula is C14H20N4O. The van der Waals surface area contributed by atoms with E-state index in [2.05, 4.69) is 41.0 Å². The molecule has 0 radical (unpaired) electrons. The number of hydrogen-bond acceptors (Lipinski definition) is 3. The Labute approximate surface area is 112 Å². The molecule has 0 unspecified atom stereocenters. The van der Waals surface area contributed by atoms with Crippen molar-refractivity contribution in [1.29, 1.82) is 0 Å². The Bertz CT molecular complexity index is 586. The number of hydrogen-bond donors (Lipinski definition) is 2. The minimum Gasteiger partial charge on any atom is -0.409 e. The van der Waals surface area contributed by atoms with Crippen molar-refractivity contribution in [2.45, 2.75) is 13.0 Å². The lowest BCUT2D eigenvalue weighted by atomic mass is 10.1. The number of amidine groups is 1. The van der Waals surface area contributed by atoms with Crippen molar-refractivity contribution in [3.8, 4) is 0 Å². The molecule has 0 fully saturated rings. The topological polar surface area (TPSA) is 66.8 Å². The summed E-state index contributed by atoms with van der Waals surface area (Å²) >= 11 is 0. The minimum atomic E-state index is 0.150. The van der Waals surface area contributed by atoms with Gasteiger partial charge in [-0.25, -0.2) is 0 Å². The molecule has 0 saturated carbocycles. The van der Waals surface area contributed by atoms with Gasteiger partial charge in [-0.3, -0.25) is 0 Å². The summed E-state index contributed by atoms with van der Waals surface area (Å²) in [5, 5.41) is 12.9. The second kappa shape index (κ2) is 5.75. The van der Waals surface area contributed by atoms with E-state index in [1.54, 1.807) is 0 Å². The van der Waals surface area contributed by atoms with E-state index in [1.165, 1.54) is 0 Å². The monoisotopic (exact) mass is 260 g/mol. The predicted molar refractivity (Wildman–Crippen MR) is 77.6 cm³/mol. The molecule has 0 bridgehead atoms. The van der Waals surface area contributed by atoms with E-state index in [0.717, 1.165) is 36.0 Å². The molecule has 1 heterocycles. The van der Waals surface area contributed by atoms with Crippen molar-refractivity contribution < 1.29 is 5.21 Å². The van der Waals surface area contributed by atoms with Crippen LogP contribution in [0.3, 0.4) is 0 Å². The molecule has 0 aliphatic rings. The molecule has 1 aromatic carbocycles. The predicted octanol–water partition coefficient (Wildman–Crippen LogP) is 1.69. The zero-order valence-corrected chi connectivity index (χ0v) is 11.4. The molecule has 0 aliphatic carbocycles. The van der Waals surface area contributed by atoms with Crippen molar-refractivity contribution >= 4 is 16.7 Å². The van der Waals surface area contributed by atoms with Crippen LogP contribution in [0.1, 0.15) is 12.0 Å².